The van der Waals surface area contributed by atoms with Crippen molar-refractivity contribution in [3.63, 3.8) is 0 Å². The molecule has 0 radical (unpaired) electrons. The fraction of sp³-hybridized carbons (Fsp3) is 0.273. The van der Waals surface area contributed by atoms with Crippen LogP contribution in [0.5, 0.6) is 0 Å². The van der Waals surface area contributed by atoms with Crippen LogP contribution in [0.1, 0.15) is 23.7 Å². The Hall–Kier alpha value is -1.95. The third-order valence-electron chi connectivity index (χ3n) is 2.26. The van der Waals surface area contributed by atoms with E-state index in [0.29, 0.717) is 0 Å². The Morgan fingerprint density at radius 2 is 1.94 bits per heavy atom. The van der Waals surface area contributed by atoms with Gasteiger partial charge in [-0.2, -0.15) is 0 Å². The molecule has 17 heavy (non-hydrogen) atoms. The number of benzene rings is 1. The molecule has 1 aromatic rings. The third kappa shape index (κ3) is 3.25. The van der Waals surface area contributed by atoms with Crippen molar-refractivity contribution in [1.82, 2.24) is 0 Å². The zero-order chi connectivity index (χ0) is 13.0. The Balaban J connectivity index is 3.08. The number of hydrogen-bond donors (Lipinski definition) is 3. The van der Waals surface area contributed by atoms with Crippen LogP contribution in [0.25, 0.3) is 0 Å². The lowest BCUT2D eigenvalue weighted by Gasteiger charge is -2.12. The number of aryl methyl sites for hydroxylation is 1. The standard InChI is InChI=1S/C11H11FO5/c12-7-3-1-2-6(4-5-8(13)14)9(7)10(15)11(16)17/h1-3,10,15H,4-5H2,(H,13,14)(H,16,17). The number of halogens is 1. The first kappa shape index (κ1) is 13.1. The SMILES string of the molecule is O=C(O)CCc1cccc(F)c1C(O)C(=O)O. The molecule has 92 valence electrons. The molecular formula is C11H11FO5. The van der Waals surface area contributed by atoms with Crippen molar-refractivity contribution in [2.75, 3.05) is 0 Å². The highest BCUT2D eigenvalue weighted by molar-refractivity contribution is 5.75. The predicted octanol–water partition coefficient (Wildman–Crippen LogP) is 0.961. The van der Waals surface area contributed by atoms with Gasteiger partial charge in [-0.25, -0.2) is 9.18 Å². The summed E-state index contributed by atoms with van der Waals surface area (Å²) in [6.45, 7) is 0. The maximum Gasteiger partial charge on any atom is 0.337 e. The smallest absolute Gasteiger partial charge is 0.337 e. The van der Waals surface area contributed by atoms with Gasteiger partial charge in [0.2, 0.25) is 0 Å². The molecule has 0 aliphatic rings. The minimum absolute atomic E-state index is 0.0350. The lowest BCUT2D eigenvalue weighted by Crippen LogP contribution is -2.15. The molecule has 0 saturated carbocycles. The molecule has 0 fully saturated rings. The molecule has 3 N–H and O–H groups in total. The topological polar surface area (TPSA) is 94.8 Å². The molecule has 0 amide bonds. The molecule has 0 saturated heterocycles. The van der Waals surface area contributed by atoms with E-state index in [2.05, 4.69) is 0 Å². The number of aliphatic carboxylic acids is 2. The largest absolute Gasteiger partial charge is 0.481 e. The van der Waals surface area contributed by atoms with Crippen LogP contribution in [-0.2, 0) is 16.0 Å². The third-order valence-corrected chi connectivity index (χ3v) is 2.26. The number of rotatable bonds is 5. The van der Waals surface area contributed by atoms with Crippen molar-refractivity contribution < 1.29 is 29.3 Å². The second-order valence-corrected chi connectivity index (χ2v) is 3.45. The Morgan fingerprint density at radius 1 is 1.29 bits per heavy atom. The summed E-state index contributed by atoms with van der Waals surface area (Å²) in [4.78, 5) is 21.0. The van der Waals surface area contributed by atoms with Gasteiger partial charge in [0.15, 0.2) is 6.10 Å². The Labute approximate surface area is 96.1 Å². The molecule has 1 rings (SSSR count). The summed E-state index contributed by atoms with van der Waals surface area (Å²) >= 11 is 0. The molecule has 1 unspecified atom stereocenters. The van der Waals surface area contributed by atoms with Gasteiger partial charge in [0.05, 0.1) is 0 Å². The van der Waals surface area contributed by atoms with Crippen LogP contribution < -0.4 is 0 Å². The maximum absolute atomic E-state index is 13.4. The van der Waals surface area contributed by atoms with Crippen LogP contribution in [0.15, 0.2) is 18.2 Å². The minimum atomic E-state index is -1.99. The molecule has 5 nitrogen and oxygen atoms in total. The molecule has 0 spiro atoms. The van der Waals surface area contributed by atoms with E-state index in [-0.39, 0.29) is 24.0 Å². The normalized spacial score (nSPS) is 12.1. The zero-order valence-electron chi connectivity index (χ0n) is 8.76. The van der Waals surface area contributed by atoms with Gasteiger partial charge >= 0.3 is 11.9 Å². The number of carboxylic acid groups (broad SMARTS) is 2. The van der Waals surface area contributed by atoms with E-state index in [1.807, 2.05) is 0 Å². The van der Waals surface area contributed by atoms with E-state index < -0.39 is 23.9 Å². The van der Waals surface area contributed by atoms with Gasteiger partial charge in [-0.05, 0) is 18.1 Å². The first-order valence-corrected chi connectivity index (χ1v) is 4.83. The van der Waals surface area contributed by atoms with Crippen LogP contribution in [-0.4, -0.2) is 27.3 Å². The van der Waals surface area contributed by atoms with Gasteiger partial charge in [0, 0.05) is 12.0 Å². The Morgan fingerprint density at radius 3 is 2.47 bits per heavy atom. The van der Waals surface area contributed by atoms with Crippen molar-refractivity contribution in [3.05, 3.63) is 35.1 Å². The van der Waals surface area contributed by atoms with Gasteiger partial charge in [0.1, 0.15) is 5.82 Å². The van der Waals surface area contributed by atoms with Crippen molar-refractivity contribution in [2.24, 2.45) is 0 Å². The van der Waals surface area contributed by atoms with E-state index in [4.69, 9.17) is 10.2 Å². The summed E-state index contributed by atoms with van der Waals surface area (Å²) in [5, 5.41) is 26.5. The fourth-order valence-corrected chi connectivity index (χ4v) is 1.47. The summed E-state index contributed by atoms with van der Waals surface area (Å²) < 4.78 is 13.4. The monoisotopic (exact) mass is 242 g/mol. The number of carboxylic acids is 2. The van der Waals surface area contributed by atoms with Crippen LogP contribution >= 0.6 is 0 Å². The lowest BCUT2D eigenvalue weighted by atomic mass is 9.98. The highest BCUT2D eigenvalue weighted by Gasteiger charge is 2.23. The van der Waals surface area contributed by atoms with Gasteiger partial charge in [0.25, 0.3) is 0 Å². The van der Waals surface area contributed by atoms with E-state index in [9.17, 15) is 19.1 Å². The number of aliphatic hydroxyl groups excluding tert-OH is 1. The molecule has 0 heterocycles. The lowest BCUT2D eigenvalue weighted by molar-refractivity contribution is -0.147. The van der Waals surface area contributed by atoms with Crippen molar-refractivity contribution in [3.8, 4) is 0 Å². The van der Waals surface area contributed by atoms with Gasteiger partial charge in [-0.3, -0.25) is 4.79 Å². The number of carbonyl (C=O) groups is 2. The summed E-state index contributed by atoms with van der Waals surface area (Å²) in [5.41, 5.74) is -0.191. The van der Waals surface area contributed by atoms with Crippen molar-refractivity contribution in [1.29, 1.82) is 0 Å². The van der Waals surface area contributed by atoms with Crippen LogP contribution in [0.2, 0.25) is 0 Å². The van der Waals surface area contributed by atoms with E-state index in [1.165, 1.54) is 12.1 Å². The van der Waals surface area contributed by atoms with Crippen LogP contribution in [0.4, 0.5) is 4.39 Å². The van der Waals surface area contributed by atoms with Gasteiger partial charge in [-0.15, -0.1) is 0 Å². The number of aliphatic hydroxyl groups is 1. The summed E-state index contributed by atoms with van der Waals surface area (Å²) in [6, 6.07) is 3.75. The van der Waals surface area contributed by atoms with Crippen LogP contribution in [0.3, 0.4) is 0 Å². The minimum Gasteiger partial charge on any atom is -0.481 e. The summed E-state index contributed by atoms with van der Waals surface area (Å²) in [5.74, 6) is -3.51. The molecule has 0 bridgehead atoms. The molecule has 1 atom stereocenters. The van der Waals surface area contributed by atoms with Gasteiger partial charge in [-0.1, -0.05) is 12.1 Å². The molecule has 0 aromatic heterocycles. The Kier molecular flexibility index (Phi) is 4.17. The molecular weight excluding hydrogens is 231 g/mol. The maximum atomic E-state index is 13.4. The van der Waals surface area contributed by atoms with E-state index in [1.54, 1.807) is 0 Å². The predicted molar refractivity (Wildman–Crippen MR) is 55.0 cm³/mol. The average Bonchev–Trinajstić information content (AvgIpc) is 2.25. The fourth-order valence-electron chi connectivity index (χ4n) is 1.47. The highest BCUT2D eigenvalue weighted by atomic mass is 19.1. The first-order chi connectivity index (χ1) is 7.93. The average molecular weight is 242 g/mol. The first-order valence-electron chi connectivity index (χ1n) is 4.83. The second kappa shape index (κ2) is 5.40. The zero-order valence-corrected chi connectivity index (χ0v) is 8.76. The number of hydrogen-bond acceptors (Lipinski definition) is 3. The van der Waals surface area contributed by atoms with Crippen LogP contribution in [0, 0.1) is 5.82 Å². The second-order valence-electron chi connectivity index (χ2n) is 3.45. The van der Waals surface area contributed by atoms with Gasteiger partial charge < -0.3 is 15.3 Å². The summed E-state index contributed by atoms with van der Waals surface area (Å²) in [6.07, 6.45) is -2.28. The Bertz CT molecular complexity index is 443. The molecule has 6 heteroatoms. The molecule has 0 aliphatic carbocycles. The quantitative estimate of drug-likeness (QED) is 0.714. The van der Waals surface area contributed by atoms with E-state index in [0.717, 1.165) is 6.07 Å². The highest BCUT2D eigenvalue weighted by Crippen LogP contribution is 2.23. The molecule has 1 aromatic carbocycles. The van der Waals surface area contributed by atoms with E-state index >= 15 is 0 Å². The van der Waals surface area contributed by atoms with Crippen molar-refractivity contribution >= 4 is 11.9 Å². The molecule has 0 aliphatic heterocycles. The summed E-state index contributed by atoms with van der Waals surface area (Å²) in [7, 11) is 0. The van der Waals surface area contributed by atoms with Crippen molar-refractivity contribution in [2.45, 2.75) is 18.9 Å².